The standard InChI is InChI=1S/C24H31F3O/c1-22(2,3)14-18-10-19(12-20(11-18)24(25,26)27)16-23(4,5)15-17-8-7-9-21(13-17)28-6/h7-13H,14-16H2,1-6H3. The van der Waals surface area contributed by atoms with E-state index in [1.165, 1.54) is 12.1 Å². The highest BCUT2D eigenvalue weighted by atomic mass is 19.4. The van der Waals surface area contributed by atoms with Crippen molar-refractivity contribution in [3.05, 3.63) is 64.7 Å². The van der Waals surface area contributed by atoms with E-state index >= 15 is 0 Å². The highest BCUT2D eigenvalue weighted by Crippen LogP contribution is 2.35. The van der Waals surface area contributed by atoms with Crippen molar-refractivity contribution < 1.29 is 17.9 Å². The summed E-state index contributed by atoms with van der Waals surface area (Å²) in [6.07, 6.45) is -2.39. The molecule has 0 aromatic heterocycles. The Labute approximate surface area is 166 Å². The highest BCUT2D eigenvalue weighted by molar-refractivity contribution is 5.34. The Morgan fingerprint density at radius 2 is 1.32 bits per heavy atom. The van der Waals surface area contributed by atoms with Crippen LogP contribution in [0.15, 0.2) is 42.5 Å². The van der Waals surface area contributed by atoms with Crippen molar-refractivity contribution >= 4 is 0 Å². The van der Waals surface area contributed by atoms with Crippen LogP contribution in [-0.2, 0) is 25.4 Å². The van der Waals surface area contributed by atoms with Crippen molar-refractivity contribution in [2.75, 3.05) is 7.11 Å². The van der Waals surface area contributed by atoms with Crippen molar-refractivity contribution in [3.8, 4) is 5.75 Å². The van der Waals surface area contributed by atoms with Crippen LogP contribution < -0.4 is 4.74 Å². The monoisotopic (exact) mass is 392 g/mol. The van der Waals surface area contributed by atoms with Gasteiger partial charge in [-0.25, -0.2) is 0 Å². The Hall–Kier alpha value is -1.97. The van der Waals surface area contributed by atoms with Crippen molar-refractivity contribution in [2.45, 2.75) is 60.1 Å². The molecule has 0 saturated heterocycles. The summed E-state index contributed by atoms with van der Waals surface area (Å²) in [4.78, 5) is 0. The summed E-state index contributed by atoms with van der Waals surface area (Å²) < 4.78 is 45.6. The Balaban J connectivity index is 2.30. The smallest absolute Gasteiger partial charge is 0.416 e. The number of methoxy groups -OCH3 is 1. The third-order valence-electron chi connectivity index (χ3n) is 4.61. The van der Waals surface area contributed by atoms with E-state index in [1.807, 2.05) is 51.1 Å². The van der Waals surface area contributed by atoms with Crippen molar-refractivity contribution in [3.63, 3.8) is 0 Å². The van der Waals surface area contributed by atoms with Crippen LogP contribution in [0.4, 0.5) is 13.2 Å². The number of hydrogen-bond acceptors (Lipinski definition) is 1. The van der Waals surface area contributed by atoms with Gasteiger partial charge in [-0.3, -0.25) is 0 Å². The molecule has 0 N–H and O–H groups in total. The summed E-state index contributed by atoms with van der Waals surface area (Å²) in [5.74, 6) is 0.792. The van der Waals surface area contributed by atoms with Gasteiger partial charge in [0.2, 0.25) is 0 Å². The first-order chi connectivity index (χ1) is 12.8. The molecular weight excluding hydrogens is 361 g/mol. The van der Waals surface area contributed by atoms with E-state index < -0.39 is 11.7 Å². The third kappa shape index (κ3) is 6.88. The average molecular weight is 393 g/mol. The second-order valence-electron chi connectivity index (χ2n) is 9.64. The zero-order valence-electron chi connectivity index (χ0n) is 17.7. The van der Waals surface area contributed by atoms with Gasteiger partial charge in [-0.15, -0.1) is 0 Å². The van der Waals surface area contributed by atoms with Crippen LogP contribution in [0, 0.1) is 10.8 Å². The first-order valence-corrected chi connectivity index (χ1v) is 9.60. The third-order valence-corrected chi connectivity index (χ3v) is 4.61. The van der Waals surface area contributed by atoms with Crippen LogP contribution in [0.5, 0.6) is 5.75 Å². The predicted molar refractivity (Wildman–Crippen MR) is 109 cm³/mol. The molecule has 2 rings (SSSR count). The summed E-state index contributed by atoms with van der Waals surface area (Å²) in [5.41, 5.74) is 1.79. The first kappa shape index (κ1) is 22.3. The predicted octanol–water partition coefficient (Wildman–Crippen LogP) is 7.11. The zero-order chi connectivity index (χ0) is 21.2. The molecule has 0 bridgehead atoms. The molecule has 0 aliphatic heterocycles. The van der Waals surface area contributed by atoms with Crippen LogP contribution in [-0.4, -0.2) is 7.11 Å². The summed E-state index contributed by atoms with van der Waals surface area (Å²) in [6.45, 7) is 10.3. The molecule has 0 spiro atoms. The number of ether oxygens (including phenoxy) is 1. The molecule has 0 heterocycles. The van der Waals surface area contributed by atoms with Crippen molar-refractivity contribution in [1.82, 2.24) is 0 Å². The van der Waals surface area contributed by atoms with Crippen molar-refractivity contribution in [1.29, 1.82) is 0 Å². The SMILES string of the molecule is COc1cccc(CC(C)(C)Cc2cc(CC(C)(C)C)cc(C(F)(F)F)c2)c1. The van der Waals surface area contributed by atoms with Gasteiger partial charge in [0.1, 0.15) is 5.75 Å². The van der Waals surface area contributed by atoms with Gasteiger partial charge in [-0.1, -0.05) is 52.8 Å². The number of halogens is 3. The van der Waals surface area contributed by atoms with E-state index in [0.29, 0.717) is 12.8 Å². The highest BCUT2D eigenvalue weighted by Gasteiger charge is 2.32. The molecule has 0 fully saturated rings. The van der Waals surface area contributed by atoms with E-state index in [-0.39, 0.29) is 10.8 Å². The summed E-state index contributed by atoms with van der Waals surface area (Å²) in [6, 6.07) is 12.4. The Kier molecular flexibility index (Phi) is 6.52. The molecule has 0 radical (unpaired) electrons. The van der Waals surface area contributed by atoms with Crippen LogP contribution in [0.1, 0.15) is 56.9 Å². The molecule has 1 nitrogen and oxygen atoms in total. The lowest BCUT2D eigenvalue weighted by Gasteiger charge is -2.27. The van der Waals surface area contributed by atoms with E-state index in [0.717, 1.165) is 28.9 Å². The quantitative estimate of drug-likeness (QED) is 0.509. The van der Waals surface area contributed by atoms with Gasteiger partial charge in [0.15, 0.2) is 0 Å². The molecule has 0 aliphatic carbocycles. The maximum atomic E-state index is 13.4. The Morgan fingerprint density at radius 3 is 1.86 bits per heavy atom. The number of rotatable bonds is 6. The van der Waals surface area contributed by atoms with Crippen molar-refractivity contribution in [2.24, 2.45) is 10.8 Å². The van der Waals surface area contributed by atoms with Gasteiger partial charge < -0.3 is 4.74 Å². The van der Waals surface area contributed by atoms with Gasteiger partial charge in [0.05, 0.1) is 12.7 Å². The van der Waals surface area contributed by atoms with Crippen LogP contribution in [0.2, 0.25) is 0 Å². The van der Waals surface area contributed by atoms with E-state index in [9.17, 15) is 13.2 Å². The molecule has 0 unspecified atom stereocenters. The van der Waals surface area contributed by atoms with E-state index in [2.05, 4.69) is 13.8 Å². The molecule has 28 heavy (non-hydrogen) atoms. The average Bonchev–Trinajstić information content (AvgIpc) is 2.51. The Morgan fingerprint density at radius 1 is 0.750 bits per heavy atom. The molecular formula is C24H31F3O. The van der Waals surface area contributed by atoms with Gasteiger partial charge in [-0.05, 0) is 71.0 Å². The fourth-order valence-electron chi connectivity index (χ4n) is 3.69. The lowest BCUT2D eigenvalue weighted by atomic mass is 9.79. The maximum Gasteiger partial charge on any atom is 0.416 e. The number of benzene rings is 2. The second-order valence-corrected chi connectivity index (χ2v) is 9.64. The lowest BCUT2D eigenvalue weighted by molar-refractivity contribution is -0.137. The topological polar surface area (TPSA) is 9.23 Å². The van der Waals surface area contributed by atoms with Crippen LogP contribution >= 0.6 is 0 Å². The Bertz CT molecular complexity index is 798. The minimum absolute atomic E-state index is 0.0718. The fourth-order valence-corrected chi connectivity index (χ4v) is 3.69. The number of alkyl halides is 3. The summed E-state index contributed by atoms with van der Waals surface area (Å²) in [7, 11) is 1.63. The molecule has 0 saturated carbocycles. The maximum absolute atomic E-state index is 13.4. The molecule has 0 atom stereocenters. The minimum Gasteiger partial charge on any atom is -0.497 e. The fraction of sp³-hybridized carbons (Fsp3) is 0.500. The molecule has 4 heteroatoms. The summed E-state index contributed by atoms with van der Waals surface area (Å²) in [5, 5.41) is 0. The second kappa shape index (κ2) is 8.18. The normalized spacial score (nSPS) is 12.9. The first-order valence-electron chi connectivity index (χ1n) is 9.60. The lowest BCUT2D eigenvalue weighted by Crippen LogP contribution is -2.19. The molecule has 0 aliphatic rings. The van der Waals surface area contributed by atoms with E-state index in [1.54, 1.807) is 7.11 Å². The largest absolute Gasteiger partial charge is 0.497 e. The zero-order valence-corrected chi connectivity index (χ0v) is 17.7. The molecule has 0 amide bonds. The molecule has 154 valence electrons. The van der Waals surface area contributed by atoms with Crippen LogP contribution in [0.3, 0.4) is 0 Å². The van der Waals surface area contributed by atoms with Gasteiger partial charge in [0.25, 0.3) is 0 Å². The van der Waals surface area contributed by atoms with E-state index in [4.69, 9.17) is 4.74 Å². The summed E-state index contributed by atoms with van der Waals surface area (Å²) >= 11 is 0. The van der Waals surface area contributed by atoms with Gasteiger partial charge >= 0.3 is 6.18 Å². The number of hydrogen-bond donors (Lipinski definition) is 0. The van der Waals surface area contributed by atoms with Gasteiger partial charge in [-0.2, -0.15) is 13.2 Å². The minimum atomic E-state index is -4.33. The molecule has 2 aromatic rings. The van der Waals surface area contributed by atoms with Gasteiger partial charge in [0, 0.05) is 0 Å². The molecule has 2 aromatic carbocycles. The van der Waals surface area contributed by atoms with Crippen LogP contribution in [0.25, 0.3) is 0 Å².